The maximum absolute atomic E-state index is 5.35. The molecule has 0 aromatic carbocycles. The summed E-state index contributed by atoms with van der Waals surface area (Å²) in [6.45, 7) is 0.351. The molecule has 0 spiro atoms. The normalized spacial score (nSPS) is 10.6. The van der Waals surface area contributed by atoms with Crippen molar-refractivity contribution in [1.29, 1.82) is 0 Å². The highest BCUT2D eigenvalue weighted by molar-refractivity contribution is 5.24. The molecular weight excluding hydrogens is 142 g/mol. The molecule has 0 aliphatic carbocycles. The van der Waals surface area contributed by atoms with Crippen molar-refractivity contribution in [1.82, 2.24) is 19.6 Å². The fourth-order valence-corrected chi connectivity index (χ4v) is 0.862. The van der Waals surface area contributed by atoms with Crippen LogP contribution in [0.2, 0.25) is 0 Å². The van der Waals surface area contributed by atoms with Gasteiger partial charge in [0.1, 0.15) is 0 Å². The van der Waals surface area contributed by atoms with Gasteiger partial charge < -0.3 is 5.73 Å². The third-order valence-corrected chi connectivity index (χ3v) is 1.34. The van der Waals surface area contributed by atoms with Crippen molar-refractivity contribution in [2.45, 2.75) is 6.54 Å². The first-order chi connectivity index (χ1) is 5.40. The van der Waals surface area contributed by atoms with Crippen molar-refractivity contribution in [3.63, 3.8) is 0 Å². The zero-order valence-corrected chi connectivity index (χ0v) is 5.81. The highest BCUT2D eigenvalue weighted by Crippen LogP contribution is 1.94. The molecule has 0 aliphatic heterocycles. The summed E-state index contributed by atoms with van der Waals surface area (Å²) in [5.74, 6) is 1.21. The van der Waals surface area contributed by atoms with E-state index >= 15 is 0 Å². The van der Waals surface area contributed by atoms with Crippen LogP contribution in [-0.2, 0) is 6.54 Å². The van der Waals surface area contributed by atoms with Crippen LogP contribution in [-0.4, -0.2) is 19.6 Å². The lowest BCUT2D eigenvalue weighted by molar-refractivity contribution is 0.865. The van der Waals surface area contributed by atoms with Gasteiger partial charge in [0.25, 0.3) is 5.78 Å². The first-order valence-electron chi connectivity index (χ1n) is 3.26. The fourth-order valence-electron chi connectivity index (χ4n) is 0.862. The van der Waals surface area contributed by atoms with Crippen LogP contribution in [0, 0.1) is 0 Å². The molecule has 0 radical (unpaired) electrons. The number of rotatable bonds is 1. The standard InChI is InChI=1S/C6H7N5/c7-4-5-9-6-8-2-1-3-11(6)10-5/h1-3H,4,7H2. The summed E-state index contributed by atoms with van der Waals surface area (Å²) in [5, 5.41) is 4.05. The monoisotopic (exact) mass is 149 g/mol. The smallest absolute Gasteiger partial charge is 0.252 e. The summed E-state index contributed by atoms with van der Waals surface area (Å²) >= 11 is 0. The van der Waals surface area contributed by atoms with E-state index in [1.54, 1.807) is 23.0 Å². The zero-order chi connectivity index (χ0) is 7.68. The van der Waals surface area contributed by atoms with Crippen LogP contribution in [0.15, 0.2) is 18.5 Å². The van der Waals surface area contributed by atoms with Crippen molar-refractivity contribution in [2.75, 3.05) is 0 Å². The second-order valence-corrected chi connectivity index (χ2v) is 2.10. The third kappa shape index (κ3) is 0.947. The Kier molecular flexibility index (Phi) is 1.29. The lowest BCUT2D eigenvalue weighted by Gasteiger charge is -1.83. The molecule has 2 aromatic rings. The molecule has 0 unspecified atom stereocenters. The Morgan fingerprint density at radius 1 is 1.55 bits per heavy atom. The molecule has 5 nitrogen and oxygen atoms in total. The molecule has 5 heteroatoms. The molecule has 2 heterocycles. The van der Waals surface area contributed by atoms with Gasteiger partial charge in [-0.05, 0) is 6.07 Å². The summed E-state index contributed by atoms with van der Waals surface area (Å²) < 4.78 is 1.60. The van der Waals surface area contributed by atoms with Gasteiger partial charge in [0.05, 0.1) is 6.54 Å². The SMILES string of the molecule is NCc1nc2ncccn2n1. The van der Waals surface area contributed by atoms with E-state index in [1.807, 2.05) is 0 Å². The molecule has 11 heavy (non-hydrogen) atoms. The van der Waals surface area contributed by atoms with Gasteiger partial charge in [-0.2, -0.15) is 4.98 Å². The zero-order valence-electron chi connectivity index (χ0n) is 5.81. The number of nitrogens with zero attached hydrogens (tertiary/aromatic N) is 4. The second kappa shape index (κ2) is 2.28. The van der Waals surface area contributed by atoms with Gasteiger partial charge in [-0.15, -0.1) is 5.10 Å². The molecule has 0 amide bonds. The van der Waals surface area contributed by atoms with Gasteiger partial charge in [0.2, 0.25) is 0 Å². The van der Waals surface area contributed by atoms with Crippen LogP contribution in [0.5, 0.6) is 0 Å². The van der Waals surface area contributed by atoms with Crippen LogP contribution < -0.4 is 5.73 Å². The van der Waals surface area contributed by atoms with Crippen molar-refractivity contribution < 1.29 is 0 Å². The van der Waals surface area contributed by atoms with Crippen LogP contribution in [0.4, 0.5) is 0 Å². The predicted molar refractivity (Wildman–Crippen MR) is 38.7 cm³/mol. The number of aromatic nitrogens is 4. The minimum Gasteiger partial charge on any atom is -0.324 e. The van der Waals surface area contributed by atoms with E-state index in [-0.39, 0.29) is 0 Å². The van der Waals surface area contributed by atoms with Crippen LogP contribution >= 0.6 is 0 Å². The number of fused-ring (bicyclic) bond motifs is 1. The molecule has 2 aromatic heterocycles. The summed E-state index contributed by atoms with van der Waals surface area (Å²) in [5.41, 5.74) is 5.35. The Bertz CT molecular complexity index is 333. The van der Waals surface area contributed by atoms with Gasteiger partial charge in [0.15, 0.2) is 5.82 Å². The predicted octanol–water partition coefficient (Wildman–Crippen LogP) is -0.417. The Morgan fingerprint density at radius 2 is 2.45 bits per heavy atom. The molecule has 0 bridgehead atoms. The maximum Gasteiger partial charge on any atom is 0.252 e. The quantitative estimate of drug-likeness (QED) is 0.598. The Hall–Kier alpha value is -1.49. The van der Waals surface area contributed by atoms with Crippen LogP contribution in [0.1, 0.15) is 5.82 Å². The molecule has 0 fully saturated rings. The summed E-state index contributed by atoms with van der Waals surface area (Å²) in [4.78, 5) is 8.03. The van der Waals surface area contributed by atoms with Crippen molar-refractivity contribution in [3.05, 3.63) is 24.3 Å². The fraction of sp³-hybridized carbons (Fsp3) is 0.167. The van der Waals surface area contributed by atoms with E-state index in [2.05, 4.69) is 15.1 Å². The number of hydrogen-bond donors (Lipinski definition) is 1. The summed E-state index contributed by atoms with van der Waals surface area (Å²) in [6, 6.07) is 1.79. The van der Waals surface area contributed by atoms with Crippen molar-refractivity contribution in [2.24, 2.45) is 5.73 Å². The van der Waals surface area contributed by atoms with E-state index in [4.69, 9.17) is 5.73 Å². The minimum atomic E-state index is 0.351. The van der Waals surface area contributed by atoms with E-state index in [9.17, 15) is 0 Å². The van der Waals surface area contributed by atoms with Crippen LogP contribution in [0.3, 0.4) is 0 Å². The average Bonchev–Trinajstić information content (AvgIpc) is 2.46. The maximum atomic E-state index is 5.35. The van der Waals surface area contributed by atoms with Gasteiger partial charge in [-0.1, -0.05) is 0 Å². The molecular formula is C6H7N5. The molecule has 0 saturated heterocycles. The topological polar surface area (TPSA) is 69.1 Å². The van der Waals surface area contributed by atoms with Gasteiger partial charge >= 0.3 is 0 Å². The molecule has 0 atom stereocenters. The molecule has 2 N–H and O–H groups in total. The minimum absolute atomic E-state index is 0.351. The van der Waals surface area contributed by atoms with E-state index < -0.39 is 0 Å². The molecule has 56 valence electrons. The third-order valence-electron chi connectivity index (χ3n) is 1.34. The molecule has 0 saturated carbocycles. The Labute approximate surface area is 62.9 Å². The number of nitrogens with two attached hydrogens (primary N) is 1. The Morgan fingerprint density at radius 3 is 3.18 bits per heavy atom. The van der Waals surface area contributed by atoms with E-state index in [0.29, 0.717) is 18.1 Å². The molecule has 0 aliphatic rings. The van der Waals surface area contributed by atoms with Crippen LogP contribution in [0.25, 0.3) is 5.78 Å². The van der Waals surface area contributed by atoms with Gasteiger partial charge in [0, 0.05) is 12.4 Å². The lowest BCUT2D eigenvalue weighted by Crippen LogP contribution is -1.98. The van der Waals surface area contributed by atoms with Crippen molar-refractivity contribution in [3.8, 4) is 0 Å². The summed E-state index contributed by atoms with van der Waals surface area (Å²) in [7, 11) is 0. The van der Waals surface area contributed by atoms with E-state index in [1.165, 1.54) is 0 Å². The summed E-state index contributed by atoms with van der Waals surface area (Å²) in [6.07, 6.45) is 3.46. The lowest BCUT2D eigenvalue weighted by atomic mass is 10.6. The van der Waals surface area contributed by atoms with E-state index in [0.717, 1.165) is 0 Å². The average molecular weight is 149 g/mol. The van der Waals surface area contributed by atoms with Crippen molar-refractivity contribution >= 4 is 5.78 Å². The largest absolute Gasteiger partial charge is 0.324 e. The number of hydrogen-bond acceptors (Lipinski definition) is 4. The van der Waals surface area contributed by atoms with Gasteiger partial charge in [-0.25, -0.2) is 9.50 Å². The first-order valence-corrected chi connectivity index (χ1v) is 3.26. The first kappa shape index (κ1) is 6.23. The Balaban J connectivity index is 2.69. The second-order valence-electron chi connectivity index (χ2n) is 2.10. The van der Waals surface area contributed by atoms with Gasteiger partial charge in [-0.3, -0.25) is 0 Å². The highest BCUT2D eigenvalue weighted by Gasteiger charge is 1.99. The highest BCUT2D eigenvalue weighted by atomic mass is 15.3. The molecule has 2 rings (SSSR count).